The van der Waals surface area contributed by atoms with E-state index in [1.165, 1.54) is 0 Å². The molecular formula is C11H7BrCl2FNO4S. The summed E-state index contributed by atoms with van der Waals surface area (Å²) in [5.74, 6) is -0.772. The van der Waals surface area contributed by atoms with E-state index < -0.39 is 22.4 Å². The van der Waals surface area contributed by atoms with Gasteiger partial charge in [0.1, 0.15) is 17.3 Å². The first-order valence-electron chi connectivity index (χ1n) is 5.31. The molecule has 0 bridgehead atoms. The normalized spacial score (nSPS) is 11.7. The van der Waals surface area contributed by atoms with E-state index >= 15 is 0 Å². The van der Waals surface area contributed by atoms with E-state index in [-0.39, 0.29) is 31.1 Å². The maximum absolute atomic E-state index is 13.3. The van der Waals surface area contributed by atoms with Crippen LogP contribution < -0.4 is 4.72 Å². The lowest BCUT2D eigenvalue weighted by atomic mass is 10.3. The topological polar surface area (TPSA) is 79.5 Å². The van der Waals surface area contributed by atoms with E-state index in [1.54, 1.807) is 0 Å². The van der Waals surface area contributed by atoms with Crippen LogP contribution in [0.1, 0.15) is 5.76 Å². The molecule has 2 rings (SSSR count). The first-order chi connectivity index (χ1) is 9.74. The number of hydrogen-bond acceptors (Lipinski definition) is 4. The van der Waals surface area contributed by atoms with Gasteiger partial charge < -0.3 is 9.52 Å². The third-order valence-electron chi connectivity index (χ3n) is 2.39. The molecule has 0 amide bonds. The number of aliphatic hydroxyl groups excluding tert-OH is 1. The molecule has 0 radical (unpaired) electrons. The van der Waals surface area contributed by atoms with Gasteiger partial charge in [0.2, 0.25) is 0 Å². The fourth-order valence-electron chi connectivity index (χ4n) is 1.48. The second-order valence-corrected chi connectivity index (χ2v) is 7.05. The van der Waals surface area contributed by atoms with Gasteiger partial charge in [0.15, 0.2) is 10.5 Å². The van der Waals surface area contributed by atoms with Crippen molar-refractivity contribution < 1.29 is 22.3 Å². The maximum atomic E-state index is 13.3. The minimum atomic E-state index is -4.02. The van der Waals surface area contributed by atoms with Gasteiger partial charge in [-0.1, -0.05) is 23.2 Å². The molecule has 0 saturated carbocycles. The largest absolute Gasteiger partial charge is 0.450 e. The Morgan fingerprint density at radius 2 is 1.86 bits per heavy atom. The standard InChI is InChI=1S/C11H7BrCl2FNO4S/c12-11-9(3-6(4-17)20-11)21(18,19)16-5-1-7(13)10(15)8(14)2-5/h1-3,16-17H,4H2. The van der Waals surface area contributed by atoms with Crippen molar-refractivity contribution in [2.45, 2.75) is 11.5 Å². The summed E-state index contributed by atoms with van der Waals surface area (Å²) in [4.78, 5) is -0.219. The molecule has 1 heterocycles. The van der Waals surface area contributed by atoms with Gasteiger partial charge in [0, 0.05) is 6.07 Å². The van der Waals surface area contributed by atoms with Crippen LogP contribution in [0, 0.1) is 5.82 Å². The van der Waals surface area contributed by atoms with Crippen molar-refractivity contribution in [3.63, 3.8) is 0 Å². The van der Waals surface area contributed by atoms with E-state index in [1.807, 2.05) is 0 Å². The highest BCUT2D eigenvalue weighted by molar-refractivity contribution is 9.10. The highest BCUT2D eigenvalue weighted by atomic mass is 79.9. The first-order valence-corrected chi connectivity index (χ1v) is 8.34. The summed E-state index contributed by atoms with van der Waals surface area (Å²) in [6.07, 6.45) is 0. The van der Waals surface area contributed by atoms with E-state index in [4.69, 9.17) is 32.7 Å². The van der Waals surface area contributed by atoms with Crippen LogP contribution in [0.4, 0.5) is 10.1 Å². The zero-order chi connectivity index (χ0) is 15.8. The molecule has 0 aliphatic rings. The predicted molar refractivity (Wildman–Crippen MR) is 79.6 cm³/mol. The van der Waals surface area contributed by atoms with Gasteiger partial charge in [-0.3, -0.25) is 4.72 Å². The lowest BCUT2D eigenvalue weighted by Gasteiger charge is -2.08. The van der Waals surface area contributed by atoms with Crippen molar-refractivity contribution in [2.75, 3.05) is 4.72 Å². The number of furan rings is 1. The Kier molecular flexibility index (Phi) is 4.84. The summed E-state index contributed by atoms with van der Waals surface area (Å²) >= 11 is 14.1. The molecule has 0 saturated heterocycles. The summed E-state index contributed by atoms with van der Waals surface area (Å²) in [5.41, 5.74) is -0.00921. The molecule has 5 nitrogen and oxygen atoms in total. The van der Waals surface area contributed by atoms with Gasteiger partial charge in [0.25, 0.3) is 10.0 Å². The molecule has 114 valence electrons. The Hall–Kier alpha value is -0.800. The highest BCUT2D eigenvalue weighted by Crippen LogP contribution is 2.31. The summed E-state index contributed by atoms with van der Waals surface area (Å²) in [6.45, 7) is -0.456. The molecular weight excluding hydrogens is 412 g/mol. The molecule has 0 unspecified atom stereocenters. The van der Waals surface area contributed by atoms with Crippen molar-refractivity contribution >= 4 is 54.8 Å². The van der Waals surface area contributed by atoms with Crippen LogP contribution in [0.15, 0.2) is 32.2 Å². The molecule has 0 fully saturated rings. The van der Waals surface area contributed by atoms with Crippen LogP contribution in [0.3, 0.4) is 0 Å². The Balaban J connectivity index is 2.39. The van der Waals surface area contributed by atoms with Crippen molar-refractivity contribution in [3.05, 3.63) is 44.5 Å². The van der Waals surface area contributed by atoms with Crippen LogP contribution >= 0.6 is 39.1 Å². The zero-order valence-corrected chi connectivity index (χ0v) is 13.9. The Morgan fingerprint density at radius 3 is 2.33 bits per heavy atom. The summed E-state index contributed by atoms with van der Waals surface area (Å²) in [7, 11) is -4.02. The number of benzene rings is 1. The maximum Gasteiger partial charge on any atom is 0.266 e. The van der Waals surface area contributed by atoms with Crippen molar-refractivity contribution in [2.24, 2.45) is 0 Å². The molecule has 0 spiro atoms. The monoisotopic (exact) mass is 417 g/mol. The molecule has 21 heavy (non-hydrogen) atoms. The van der Waals surface area contributed by atoms with Gasteiger partial charge in [-0.05, 0) is 28.1 Å². The van der Waals surface area contributed by atoms with Crippen LogP contribution in [-0.2, 0) is 16.6 Å². The number of halogens is 4. The minimum Gasteiger partial charge on any atom is -0.450 e. The lowest BCUT2D eigenvalue weighted by Crippen LogP contribution is -2.12. The Labute approximate surface area is 137 Å². The zero-order valence-electron chi connectivity index (χ0n) is 10.0. The van der Waals surface area contributed by atoms with Crippen LogP contribution in [0.5, 0.6) is 0 Å². The second-order valence-electron chi connectivity index (χ2n) is 3.87. The average molecular weight is 419 g/mol. The quantitative estimate of drug-likeness (QED) is 0.740. The Bertz CT molecular complexity index is 771. The smallest absolute Gasteiger partial charge is 0.266 e. The van der Waals surface area contributed by atoms with Crippen molar-refractivity contribution in [3.8, 4) is 0 Å². The Morgan fingerprint density at radius 1 is 1.29 bits per heavy atom. The molecule has 0 atom stereocenters. The van der Waals surface area contributed by atoms with E-state index in [2.05, 4.69) is 20.7 Å². The number of aliphatic hydroxyl groups is 1. The molecule has 0 aliphatic heterocycles. The lowest BCUT2D eigenvalue weighted by molar-refractivity contribution is 0.245. The molecule has 1 aromatic heterocycles. The van der Waals surface area contributed by atoms with E-state index in [9.17, 15) is 12.8 Å². The summed E-state index contributed by atoms with van der Waals surface area (Å²) < 4.78 is 44.8. The predicted octanol–water partition coefficient (Wildman–Crippen LogP) is 3.78. The number of nitrogens with one attached hydrogen (secondary N) is 1. The van der Waals surface area contributed by atoms with Gasteiger partial charge in [-0.15, -0.1) is 0 Å². The van der Waals surface area contributed by atoms with Crippen LogP contribution in [0.2, 0.25) is 10.0 Å². The summed E-state index contributed by atoms with van der Waals surface area (Å²) in [6, 6.07) is 3.32. The van der Waals surface area contributed by atoms with E-state index in [0.29, 0.717) is 0 Å². The fourth-order valence-corrected chi connectivity index (χ4v) is 4.01. The van der Waals surface area contributed by atoms with E-state index in [0.717, 1.165) is 18.2 Å². The highest BCUT2D eigenvalue weighted by Gasteiger charge is 2.23. The average Bonchev–Trinajstić information content (AvgIpc) is 2.77. The molecule has 2 aromatic rings. The molecule has 10 heteroatoms. The minimum absolute atomic E-state index is 0.00921. The summed E-state index contributed by atoms with van der Waals surface area (Å²) in [5, 5.41) is 8.29. The molecule has 0 aliphatic carbocycles. The number of anilines is 1. The van der Waals surface area contributed by atoms with Crippen molar-refractivity contribution in [1.82, 2.24) is 0 Å². The fraction of sp³-hybridized carbons (Fsp3) is 0.0909. The van der Waals surface area contributed by atoms with Gasteiger partial charge >= 0.3 is 0 Å². The number of hydrogen-bond donors (Lipinski definition) is 2. The number of rotatable bonds is 4. The van der Waals surface area contributed by atoms with Gasteiger partial charge in [-0.25, -0.2) is 12.8 Å². The van der Waals surface area contributed by atoms with Gasteiger partial charge in [0.05, 0.1) is 15.7 Å². The SMILES string of the molecule is O=S(=O)(Nc1cc(Cl)c(F)c(Cl)c1)c1cc(CO)oc1Br. The van der Waals surface area contributed by atoms with Crippen LogP contribution in [-0.4, -0.2) is 13.5 Å². The third-order valence-corrected chi connectivity index (χ3v) is 5.18. The first kappa shape index (κ1) is 16.6. The number of sulfonamides is 1. The second kappa shape index (κ2) is 6.13. The van der Waals surface area contributed by atoms with Crippen molar-refractivity contribution in [1.29, 1.82) is 0 Å². The van der Waals surface area contributed by atoms with Gasteiger partial charge in [-0.2, -0.15) is 0 Å². The third kappa shape index (κ3) is 3.51. The molecule has 2 N–H and O–H groups in total. The van der Waals surface area contributed by atoms with Crippen LogP contribution in [0.25, 0.3) is 0 Å². The molecule has 1 aromatic carbocycles.